The SMILES string of the molecule is C[C@H](Sc1nnc(Cc2cccs2)n1C1CC1)C(=O)NC1CCCC1. The summed E-state index contributed by atoms with van der Waals surface area (Å²) in [6.45, 7) is 1.97. The lowest BCUT2D eigenvalue weighted by atomic mass is 10.2. The van der Waals surface area contributed by atoms with Crippen molar-refractivity contribution in [1.82, 2.24) is 20.1 Å². The van der Waals surface area contributed by atoms with Crippen molar-refractivity contribution in [3.05, 3.63) is 28.2 Å². The maximum atomic E-state index is 12.5. The van der Waals surface area contributed by atoms with Gasteiger partial charge < -0.3 is 9.88 Å². The van der Waals surface area contributed by atoms with Crippen molar-refractivity contribution < 1.29 is 4.79 Å². The molecule has 2 aliphatic rings. The zero-order valence-corrected chi connectivity index (χ0v) is 16.1. The Morgan fingerprint density at radius 3 is 2.84 bits per heavy atom. The van der Waals surface area contributed by atoms with Crippen LogP contribution in [0.3, 0.4) is 0 Å². The van der Waals surface area contributed by atoms with Crippen molar-refractivity contribution in [3.8, 4) is 0 Å². The van der Waals surface area contributed by atoms with E-state index in [1.807, 2.05) is 6.92 Å². The van der Waals surface area contributed by atoms with E-state index in [4.69, 9.17) is 0 Å². The van der Waals surface area contributed by atoms with Gasteiger partial charge in [0.05, 0.1) is 5.25 Å². The first kappa shape index (κ1) is 17.1. The number of amides is 1. The Morgan fingerprint density at radius 2 is 2.16 bits per heavy atom. The van der Waals surface area contributed by atoms with Crippen LogP contribution in [0.5, 0.6) is 0 Å². The lowest BCUT2D eigenvalue weighted by Gasteiger charge is -2.16. The lowest BCUT2D eigenvalue weighted by Crippen LogP contribution is -2.37. The third-order valence-corrected chi connectivity index (χ3v) is 6.85. The number of carbonyl (C=O) groups is 1. The molecule has 0 aromatic carbocycles. The molecule has 0 spiro atoms. The maximum absolute atomic E-state index is 12.5. The molecule has 1 atom stereocenters. The van der Waals surface area contributed by atoms with E-state index in [0.717, 1.165) is 30.2 Å². The fraction of sp³-hybridized carbons (Fsp3) is 0.611. The molecular weight excluding hydrogens is 352 g/mol. The molecular formula is C18H24N4OS2. The molecule has 25 heavy (non-hydrogen) atoms. The smallest absolute Gasteiger partial charge is 0.233 e. The van der Waals surface area contributed by atoms with Crippen molar-refractivity contribution >= 4 is 29.0 Å². The Labute approximate surface area is 156 Å². The van der Waals surface area contributed by atoms with Gasteiger partial charge in [-0.15, -0.1) is 21.5 Å². The molecule has 0 radical (unpaired) electrons. The second-order valence-electron chi connectivity index (χ2n) is 7.01. The average molecular weight is 377 g/mol. The van der Waals surface area contributed by atoms with Crippen molar-refractivity contribution in [1.29, 1.82) is 0 Å². The summed E-state index contributed by atoms with van der Waals surface area (Å²) in [5.41, 5.74) is 0. The Balaban J connectivity index is 1.44. The van der Waals surface area contributed by atoms with E-state index in [2.05, 4.69) is 37.6 Å². The summed E-state index contributed by atoms with van der Waals surface area (Å²) in [5, 5.41) is 14.9. The van der Waals surface area contributed by atoms with E-state index in [1.54, 1.807) is 23.1 Å². The molecule has 5 nitrogen and oxygen atoms in total. The standard InChI is InChI=1S/C18H24N4OS2/c1-12(17(23)19-13-5-2-3-6-13)25-18-21-20-16(22(18)14-8-9-14)11-15-7-4-10-24-15/h4,7,10,12-14H,2-3,5-6,8-9,11H2,1H3,(H,19,23)/t12-/m0/s1. The predicted octanol–water partition coefficient (Wildman–Crippen LogP) is 3.80. The minimum atomic E-state index is -0.142. The van der Waals surface area contributed by atoms with Crippen LogP contribution in [0.2, 0.25) is 0 Å². The highest BCUT2D eigenvalue weighted by Gasteiger charge is 2.31. The van der Waals surface area contributed by atoms with Crippen molar-refractivity contribution in [2.45, 2.75) is 74.4 Å². The van der Waals surface area contributed by atoms with Crippen LogP contribution in [-0.2, 0) is 11.2 Å². The number of aromatic nitrogens is 3. The van der Waals surface area contributed by atoms with E-state index in [1.165, 1.54) is 30.6 Å². The van der Waals surface area contributed by atoms with Crippen molar-refractivity contribution in [3.63, 3.8) is 0 Å². The predicted molar refractivity (Wildman–Crippen MR) is 101 cm³/mol. The summed E-state index contributed by atoms with van der Waals surface area (Å²) >= 11 is 3.30. The monoisotopic (exact) mass is 376 g/mol. The van der Waals surface area contributed by atoms with Crippen LogP contribution >= 0.6 is 23.1 Å². The highest BCUT2D eigenvalue weighted by molar-refractivity contribution is 8.00. The zero-order chi connectivity index (χ0) is 17.2. The van der Waals surface area contributed by atoms with E-state index in [0.29, 0.717) is 12.1 Å². The van der Waals surface area contributed by atoms with Crippen LogP contribution in [0.15, 0.2) is 22.7 Å². The summed E-state index contributed by atoms with van der Waals surface area (Å²) in [5.74, 6) is 1.15. The van der Waals surface area contributed by atoms with Crippen LogP contribution in [0.1, 0.15) is 62.2 Å². The van der Waals surface area contributed by atoms with Gasteiger partial charge in [0, 0.05) is 23.4 Å². The zero-order valence-electron chi connectivity index (χ0n) is 14.5. The lowest BCUT2D eigenvalue weighted by molar-refractivity contribution is -0.120. The summed E-state index contributed by atoms with van der Waals surface area (Å²) in [6.07, 6.45) is 7.89. The number of thiophene rings is 1. The molecule has 2 aromatic heterocycles. The minimum absolute atomic E-state index is 0.127. The van der Waals surface area contributed by atoms with Crippen LogP contribution in [0, 0.1) is 0 Å². The van der Waals surface area contributed by atoms with Gasteiger partial charge in [-0.25, -0.2) is 0 Å². The highest BCUT2D eigenvalue weighted by Crippen LogP contribution is 2.40. The Kier molecular flexibility index (Phi) is 5.12. The molecule has 2 aromatic rings. The van der Waals surface area contributed by atoms with Gasteiger partial charge in [0.15, 0.2) is 5.16 Å². The molecule has 0 bridgehead atoms. The first-order valence-corrected chi connectivity index (χ1v) is 10.9. The molecule has 4 rings (SSSR count). The van der Waals surface area contributed by atoms with Crippen LogP contribution in [-0.4, -0.2) is 32.0 Å². The number of nitrogens with one attached hydrogen (secondary N) is 1. The van der Waals surface area contributed by atoms with E-state index in [9.17, 15) is 4.79 Å². The van der Waals surface area contributed by atoms with E-state index >= 15 is 0 Å². The second-order valence-corrected chi connectivity index (χ2v) is 9.35. The first-order chi connectivity index (χ1) is 12.2. The normalized spacial score (nSPS) is 19.2. The molecule has 2 fully saturated rings. The number of hydrogen-bond acceptors (Lipinski definition) is 5. The average Bonchev–Trinajstić information content (AvgIpc) is 3.01. The summed E-state index contributed by atoms with van der Waals surface area (Å²) < 4.78 is 2.27. The van der Waals surface area contributed by atoms with Crippen LogP contribution in [0.4, 0.5) is 0 Å². The van der Waals surface area contributed by atoms with Gasteiger partial charge in [-0.1, -0.05) is 30.7 Å². The quantitative estimate of drug-likeness (QED) is 0.747. The number of carbonyl (C=O) groups excluding carboxylic acids is 1. The summed E-state index contributed by atoms with van der Waals surface area (Å²) in [7, 11) is 0. The highest BCUT2D eigenvalue weighted by atomic mass is 32.2. The molecule has 134 valence electrons. The Hall–Kier alpha value is -1.34. The third kappa shape index (κ3) is 4.08. The second kappa shape index (κ2) is 7.50. The molecule has 0 unspecified atom stereocenters. The van der Waals surface area contributed by atoms with E-state index < -0.39 is 0 Å². The van der Waals surface area contributed by atoms with Gasteiger partial charge in [-0.2, -0.15) is 0 Å². The molecule has 2 saturated carbocycles. The van der Waals surface area contributed by atoms with Crippen molar-refractivity contribution in [2.24, 2.45) is 0 Å². The number of thioether (sulfide) groups is 1. The minimum Gasteiger partial charge on any atom is -0.352 e. The number of rotatable bonds is 7. The number of nitrogens with zero attached hydrogens (tertiary/aromatic N) is 3. The molecule has 0 aliphatic heterocycles. The van der Waals surface area contributed by atoms with Gasteiger partial charge in [0.25, 0.3) is 0 Å². The largest absolute Gasteiger partial charge is 0.352 e. The van der Waals surface area contributed by atoms with Gasteiger partial charge in [0.1, 0.15) is 5.82 Å². The molecule has 0 saturated heterocycles. The van der Waals surface area contributed by atoms with Gasteiger partial charge >= 0.3 is 0 Å². The molecule has 1 N–H and O–H groups in total. The Bertz CT molecular complexity index is 718. The summed E-state index contributed by atoms with van der Waals surface area (Å²) in [4.78, 5) is 13.8. The third-order valence-electron chi connectivity index (χ3n) is 4.91. The van der Waals surface area contributed by atoms with Gasteiger partial charge in [-0.3, -0.25) is 4.79 Å². The maximum Gasteiger partial charge on any atom is 0.233 e. The van der Waals surface area contributed by atoms with Crippen LogP contribution in [0.25, 0.3) is 0 Å². The Morgan fingerprint density at radius 1 is 1.36 bits per heavy atom. The molecule has 7 heteroatoms. The first-order valence-electron chi connectivity index (χ1n) is 9.14. The summed E-state index contributed by atoms with van der Waals surface area (Å²) in [6, 6.07) is 5.09. The molecule has 1 amide bonds. The van der Waals surface area contributed by atoms with E-state index in [-0.39, 0.29) is 11.2 Å². The topological polar surface area (TPSA) is 59.8 Å². The van der Waals surface area contributed by atoms with Crippen molar-refractivity contribution in [2.75, 3.05) is 0 Å². The van der Waals surface area contributed by atoms with Crippen LogP contribution < -0.4 is 5.32 Å². The fourth-order valence-corrected chi connectivity index (χ4v) is 5.03. The fourth-order valence-electron chi connectivity index (χ4n) is 3.38. The van der Waals surface area contributed by atoms with Gasteiger partial charge in [0.2, 0.25) is 5.91 Å². The number of hydrogen-bond donors (Lipinski definition) is 1. The molecule has 2 heterocycles. The van der Waals surface area contributed by atoms with Gasteiger partial charge in [-0.05, 0) is 44.1 Å². The molecule has 2 aliphatic carbocycles.